The SMILES string of the molecule is CCCCCOC(=O)[C@@H](N)CCCN=C(N)N.Cl. The van der Waals surface area contributed by atoms with Gasteiger partial charge in [-0.15, -0.1) is 12.4 Å². The van der Waals surface area contributed by atoms with E-state index >= 15 is 0 Å². The number of hydrogen-bond acceptors (Lipinski definition) is 4. The molecule has 0 rings (SSSR count). The summed E-state index contributed by atoms with van der Waals surface area (Å²) in [5, 5.41) is 0. The molecule has 0 spiro atoms. The van der Waals surface area contributed by atoms with Crippen LogP contribution in [0.3, 0.4) is 0 Å². The van der Waals surface area contributed by atoms with Crippen molar-refractivity contribution in [2.45, 2.75) is 45.1 Å². The van der Waals surface area contributed by atoms with E-state index in [0.717, 1.165) is 19.3 Å². The fourth-order valence-electron chi connectivity index (χ4n) is 1.27. The molecule has 7 heteroatoms. The van der Waals surface area contributed by atoms with Crippen LogP contribution in [0.1, 0.15) is 39.0 Å². The first-order valence-electron chi connectivity index (χ1n) is 6.05. The standard InChI is InChI=1S/C11H24N4O2.ClH/c1-2-3-4-8-17-10(16)9(12)6-5-7-15-11(13)14;/h9H,2-8,12H2,1H3,(H4,13,14,15);1H/t9-;/m0./s1. The molecule has 1 atom stereocenters. The van der Waals surface area contributed by atoms with Crippen LogP contribution in [0, 0.1) is 0 Å². The van der Waals surface area contributed by atoms with Crippen molar-refractivity contribution < 1.29 is 9.53 Å². The van der Waals surface area contributed by atoms with Gasteiger partial charge in [0.15, 0.2) is 5.96 Å². The van der Waals surface area contributed by atoms with E-state index in [1.807, 2.05) is 0 Å². The number of halogens is 1. The van der Waals surface area contributed by atoms with E-state index in [2.05, 4.69) is 11.9 Å². The molecular formula is C11H25ClN4O2. The second-order valence-electron chi connectivity index (χ2n) is 3.93. The molecule has 6 N–H and O–H groups in total. The van der Waals surface area contributed by atoms with Crippen LogP contribution in [0.2, 0.25) is 0 Å². The molecule has 0 heterocycles. The van der Waals surface area contributed by atoms with Gasteiger partial charge >= 0.3 is 5.97 Å². The zero-order valence-corrected chi connectivity index (χ0v) is 11.7. The second-order valence-corrected chi connectivity index (χ2v) is 3.93. The van der Waals surface area contributed by atoms with Crippen molar-refractivity contribution in [3.8, 4) is 0 Å². The first-order chi connectivity index (χ1) is 8.07. The van der Waals surface area contributed by atoms with Gasteiger partial charge in [-0.3, -0.25) is 9.79 Å². The van der Waals surface area contributed by atoms with Gasteiger partial charge in [0.2, 0.25) is 0 Å². The van der Waals surface area contributed by atoms with Gasteiger partial charge in [0.25, 0.3) is 0 Å². The summed E-state index contributed by atoms with van der Waals surface area (Å²) < 4.78 is 5.03. The summed E-state index contributed by atoms with van der Waals surface area (Å²) >= 11 is 0. The number of nitrogens with zero attached hydrogens (tertiary/aromatic N) is 1. The van der Waals surface area contributed by atoms with Crippen molar-refractivity contribution >= 4 is 24.3 Å². The van der Waals surface area contributed by atoms with Crippen molar-refractivity contribution in [2.75, 3.05) is 13.2 Å². The molecule has 0 unspecified atom stereocenters. The van der Waals surface area contributed by atoms with E-state index in [0.29, 0.717) is 26.0 Å². The molecule has 0 aromatic rings. The van der Waals surface area contributed by atoms with Gasteiger partial charge in [-0.2, -0.15) is 0 Å². The van der Waals surface area contributed by atoms with Gasteiger partial charge in [-0.25, -0.2) is 0 Å². The third-order valence-electron chi connectivity index (χ3n) is 2.26. The monoisotopic (exact) mass is 280 g/mol. The normalized spacial score (nSPS) is 11.2. The Kier molecular flexibility index (Phi) is 13.4. The maximum Gasteiger partial charge on any atom is 0.322 e. The van der Waals surface area contributed by atoms with E-state index in [4.69, 9.17) is 21.9 Å². The quantitative estimate of drug-likeness (QED) is 0.246. The maximum absolute atomic E-state index is 11.4. The van der Waals surface area contributed by atoms with E-state index in [1.54, 1.807) is 0 Å². The Morgan fingerprint density at radius 2 is 1.94 bits per heavy atom. The van der Waals surface area contributed by atoms with Gasteiger partial charge in [-0.1, -0.05) is 19.8 Å². The average molecular weight is 281 g/mol. The number of unbranched alkanes of at least 4 members (excludes halogenated alkanes) is 2. The number of rotatable bonds is 9. The second kappa shape index (κ2) is 12.4. The Morgan fingerprint density at radius 1 is 1.28 bits per heavy atom. The topological polar surface area (TPSA) is 117 Å². The van der Waals surface area contributed by atoms with Crippen molar-refractivity contribution in [1.29, 1.82) is 0 Å². The Hall–Kier alpha value is -1.01. The fraction of sp³-hybridized carbons (Fsp3) is 0.818. The molecule has 6 nitrogen and oxygen atoms in total. The summed E-state index contributed by atoms with van der Waals surface area (Å²) in [6.45, 7) is 3.03. The Balaban J connectivity index is 0. The van der Waals surface area contributed by atoms with E-state index in [9.17, 15) is 4.79 Å². The van der Waals surface area contributed by atoms with Gasteiger partial charge in [0, 0.05) is 6.54 Å². The molecule has 0 aliphatic rings. The van der Waals surface area contributed by atoms with Crippen LogP contribution < -0.4 is 17.2 Å². The fourth-order valence-corrected chi connectivity index (χ4v) is 1.27. The minimum atomic E-state index is -0.578. The molecule has 0 bridgehead atoms. The van der Waals surface area contributed by atoms with Crippen molar-refractivity contribution in [3.05, 3.63) is 0 Å². The van der Waals surface area contributed by atoms with Gasteiger partial charge in [-0.05, 0) is 19.3 Å². The van der Waals surface area contributed by atoms with Crippen molar-refractivity contribution in [1.82, 2.24) is 0 Å². The van der Waals surface area contributed by atoms with Crippen molar-refractivity contribution in [2.24, 2.45) is 22.2 Å². The van der Waals surface area contributed by atoms with Crippen LogP contribution in [-0.4, -0.2) is 31.1 Å². The van der Waals surface area contributed by atoms with Crippen LogP contribution >= 0.6 is 12.4 Å². The van der Waals surface area contributed by atoms with Gasteiger partial charge in [0.05, 0.1) is 6.61 Å². The highest BCUT2D eigenvalue weighted by molar-refractivity contribution is 5.85. The summed E-state index contributed by atoms with van der Waals surface area (Å²) in [5.41, 5.74) is 16.0. The molecular weight excluding hydrogens is 256 g/mol. The summed E-state index contributed by atoms with van der Waals surface area (Å²) in [7, 11) is 0. The van der Waals surface area contributed by atoms with E-state index in [1.165, 1.54) is 0 Å². The molecule has 0 aliphatic heterocycles. The number of carbonyl (C=O) groups excluding carboxylic acids is 1. The smallest absolute Gasteiger partial charge is 0.322 e. The Bertz CT molecular complexity index is 245. The van der Waals surface area contributed by atoms with Crippen LogP contribution in [0.25, 0.3) is 0 Å². The summed E-state index contributed by atoms with van der Waals surface area (Å²) in [4.78, 5) is 15.2. The lowest BCUT2D eigenvalue weighted by molar-refractivity contribution is -0.145. The number of hydrogen-bond donors (Lipinski definition) is 3. The molecule has 0 aromatic heterocycles. The minimum absolute atomic E-state index is 0. The van der Waals surface area contributed by atoms with Gasteiger partial charge < -0.3 is 21.9 Å². The van der Waals surface area contributed by atoms with E-state index < -0.39 is 6.04 Å². The lowest BCUT2D eigenvalue weighted by Crippen LogP contribution is -2.32. The zero-order valence-electron chi connectivity index (χ0n) is 10.9. The molecule has 18 heavy (non-hydrogen) atoms. The lowest BCUT2D eigenvalue weighted by atomic mass is 10.2. The zero-order chi connectivity index (χ0) is 13.1. The third kappa shape index (κ3) is 11.5. The number of nitrogens with two attached hydrogens (primary N) is 3. The molecule has 0 amide bonds. The highest BCUT2D eigenvalue weighted by Gasteiger charge is 2.13. The highest BCUT2D eigenvalue weighted by Crippen LogP contribution is 2.00. The van der Waals surface area contributed by atoms with Crippen LogP contribution in [0.15, 0.2) is 4.99 Å². The number of aliphatic imine (C=N–C) groups is 1. The molecule has 108 valence electrons. The molecule has 0 fully saturated rings. The summed E-state index contributed by atoms with van der Waals surface area (Å²) in [6.07, 6.45) is 4.25. The largest absolute Gasteiger partial charge is 0.465 e. The lowest BCUT2D eigenvalue weighted by Gasteiger charge is -2.10. The molecule has 0 aliphatic carbocycles. The van der Waals surface area contributed by atoms with Crippen LogP contribution in [0.5, 0.6) is 0 Å². The molecule has 0 radical (unpaired) electrons. The Labute approximate surface area is 115 Å². The average Bonchev–Trinajstić information content (AvgIpc) is 2.29. The first-order valence-corrected chi connectivity index (χ1v) is 6.05. The third-order valence-corrected chi connectivity index (χ3v) is 2.26. The summed E-state index contributed by atoms with van der Waals surface area (Å²) in [5.74, 6) is -0.286. The number of ether oxygens (including phenoxy) is 1. The minimum Gasteiger partial charge on any atom is -0.465 e. The van der Waals surface area contributed by atoms with Crippen LogP contribution in [0.4, 0.5) is 0 Å². The van der Waals surface area contributed by atoms with E-state index in [-0.39, 0.29) is 24.3 Å². The molecule has 0 saturated carbocycles. The predicted molar refractivity (Wildman–Crippen MR) is 75.6 cm³/mol. The maximum atomic E-state index is 11.4. The molecule has 0 saturated heterocycles. The number of guanidine groups is 1. The summed E-state index contributed by atoms with van der Waals surface area (Å²) in [6, 6.07) is -0.578. The number of esters is 1. The molecule has 0 aromatic carbocycles. The highest BCUT2D eigenvalue weighted by atomic mass is 35.5. The Morgan fingerprint density at radius 3 is 2.50 bits per heavy atom. The van der Waals surface area contributed by atoms with Crippen molar-refractivity contribution in [3.63, 3.8) is 0 Å². The van der Waals surface area contributed by atoms with Crippen LogP contribution in [-0.2, 0) is 9.53 Å². The van der Waals surface area contributed by atoms with Gasteiger partial charge in [0.1, 0.15) is 6.04 Å². The predicted octanol–water partition coefficient (Wildman–Crippen LogP) is 0.523. The first kappa shape index (κ1) is 19.3. The number of carbonyl (C=O) groups is 1.